The largest absolute Gasteiger partial charge is 0.361 e. The maximum atomic E-state index is 12.3. The first kappa shape index (κ1) is 15.3. The lowest BCUT2D eigenvalue weighted by molar-refractivity contribution is -0.117. The molecule has 1 saturated heterocycles. The highest BCUT2D eigenvalue weighted by Crippen LogP contribution is 2.33. The summed E-state index contributed by atoms with van der Waals surface area (Å²) >= 11 is 3.57. The summed E-state index contributed by atoms with van der Waals surface area (Å²) in [4.78, 5) is 21.7. The quantitative estimate of drug-likeness (QED) is 0.537. The van der Waals surface area contributed by atoms with Gasteiger partial charge in [0.2, 0.25) is 17.6 Å². The maximum Gasteiger partial charge on any atom is 0.232 e. The number of aromatic amines is 2. The van der Waals surface area contributed by atoms with Crippen molar-refractivity contribution >= 4 is 38.4 Å². The molecule has 1 aliphatic heterocycles. The average Bonchev–Trinajstić information content (AvgIpc) is 3.40. The first-order valence-electron chi connectivity index (χ1n) is 8.09. The molecule has 0 radical (unpaired) electrons. The molecule has 1 aliphatic rings. The van der Waals surface area contributed by atoms with Gasteiger partial charge in [0.25, 0.3) is 0 Å². The van der Waals surface area contributed by atoms with Crippen LogP contribution in [0.5, 0.6) is 0 Å². The Morgan fingerprint density at radius 1 is 1.35 bits per heavy atom. The Balaban J connectivity index is 1.44. The molecule has 0 bridgehead atoms. The fourth-order valence-corrected chi connectivity index (χ4v) is 3.88. The predicted molar refractivity (Wildman–Crippen MR) is 97.6 cm³/mol. The van der Waals surface area contributed by atoms with Crippen LogP contribution in [-0.2, 0) is 4.79 Å². The number of anilines is 1. The molecule has 1 atom stereocenters. The lowest BCUT2D eigenvalue weighted by Crippen LogP contribution is -2.23. The Bertz CT molecular complexity index is 1100. The van der Waals surface area contributed by atoms with Gasteiger partial charge in [-0.3, -0.25) is 9.89 Å². The summed E-state index contributed by atoms with van der Waals surface area (Å²) in [5, 5.41) is 11.8. The predicted octanol–water partition coefficient (Wildman–Crippen LogP) is 3.22. The second-order valence-electron chi connectivity index (χ2n) is 6.22. The molecule has 9 heteroatoms. The Morgan fingerprint density at radius 2 is 2.27 bits per heavy atom. The summed E-state index contributed by atoms with van der Waals surface area (Å²) in [6.45, 7) is 0.499. The van der Waals surface area contributed by atoms with Gasteiger partial charge in [-0.15, -0.1) is 0 Å². The number of carbonyl (C=O) groups excluding carboxylic acids is 1. The third-order valence-electron chi connectivity index (χ3n) is 4.59. The standard InChI is InChI=1S/C17H13BrN6O2/c18-13-3-9(4-14-12(13)1-2-19-14)16-22-17(26-23-16)10-5-15(25)24(8-10)11-6-20-21-7-11/h1-4,6-7,10,19H,5,8H2,(H,20,21). The highest BCUT2D eigenvalue weighted by atomic mass is 79.9. The minimum absolute atomic E-state index is 0.0201. The van der Waals surface area contributed by atoms with Crippen LogP contribution in [0.3, 0.4) is 0 Å². The van der Waals surface area contributed by atoms with Crippen molar-refractivity contribution in [1.29, 1.82) is 0 Å². The lowest BCUT2D eigenvalue weighted by Gasteiger charge is -2.12. The van der Waals surface area contributed by atoms with E-state index in [2.05, 4.69) is 41.3 Å². The van der Waals surface area contributed by atoms with Crippen molar-refractivity contribution < 1.29 is 9.32 Å². The number of hydrogen-bond acceptors (Lipinski definition) is 5. The van der Waals surface area contributed by atoms with Crippen molar-refractivity contribution in [3.8, 4) is 11.4 Å². The van der Waals surface area contributed by atoms with Gasteiger partial charge >= 0.3 is 0 Å². The molecule has 4 aromatic rings. The van der Waals surface area contributed by atoms with Crippen LogP contribution in [0.4, 0.5) is 5.69 Å². The average molecular weight is 413 g/mol. The van der Waals surface area contributed by atoms with E-state index in [9.17, 15) is 4.79 Å². The van der Waals surface area contributed by atoms with Crippen LogP contribution >= 0.6 is 15.9 Å². The summed E-state index contributed by atoms with van der Waals surface area (Å²) in [5.41, 5.74) is 2.58. The molecule has 130 valence electrons. The molecule has 5 rings (SSSR count). The van der Waals surface area contributed by atoms with Crippen molar-refractivity contribution in [3.63, 3.8) is 0 Å². The van der Waals surface area contributed by atoms with Gasteiger partial charge in [0, 0.05) is 46.3 Å². The van der Waals surface area contributed by atoms with E-state index in [-0.39, 0.29) is 11.8 Å². The maximum absolute atomic E-state index is 12.3. The third-order valence-corrected chi connectivity index (χ3v) is 5.24. The number of H-pyrrole nitrogens is 2. The molecular weight excluding hydrogens is 400 g/mol. The van der Waals surface area contributed by atoms with Crippen molar-refractivity contribution in [2.75, 3.05) is 11.4 Å². The second-order valence-corrected chi connectivity index (χ2v) is 7.07. The fourth-order valence-electron chi connectivity index (χ4n) is 3.28. The van der Waals surface area contributed by atoms with Gasteiger partial charge in [0.1, 0.15) is 0 Å². The number of hydrogen-bond donors (Lipinski definition) is 2. The van der Waals surface area contributed by atoms with Crippen LogP contribution in [0.15, 0.2) is 45.8 Å². The molecule has 2 N–H and O–H groups in total. The molecule has 1 unspecified atom stereocenters. The van der Waals surface area contributed by atoms with Crippen LogP contribution in [0.25, 0.3) is 22.3 Å². The van der Waals surface area contributed by atoms with E-state index in [1.807, 2.05) is 24.4 Å². The fraction of sp³-hybridized carbons (Fsp3) is 0.176. The minimum atomic E-state index is -0.128. The van der Waals surface area contributed by atoms with Crippen LogP contribution in [0.1, 0.15) is 18.2 Å². The minimum Gasteiger partial charge on any atom is -0.361 e. The topological polar surface area (TPSA) is 104 Å². The van der Waals surface area contributed by atoms with E-state index in [1.165, 1.54) is 0 Å². The number of rotatable bonds is 3. The number of fused-ring (bicyclic) bond motifs is 1. The monoisotopic (exact) mass is 412 g/mol. The van der Waals surface area contributed by atoms with E-state index in [0.29, 0.717) is 24.7 Å². The summed E-state index contributed by atoms with van der Waals surface area (Å²) in [6, 6.07) is 5.94. The van der Waals surface area contributed by atoms with Gasteiger partial charge in [0.05, 0.1) is 17.8 Å². The lowest BCUT2D eigenvalue weighted by atomic mass is 10.1. The smallest absolute Gasteiger partial charge is 0.232 e. The molecule has 0 aliphatic carbocycles. The molecule has 3 aromatic heterocycles. The van der Waals surface area contributed by atoms with E-state index in [4.69, 9.17) is 4.52 Å². The zero-order chi connectivity index (χ0) is 17.7. The summed E-state index contributed by atoms with van der Waals surface area (Å²) in [6.07, 6.45) is 5.55. The number of benzene rings is 1. The first-order chi connectivity index (χ1) is 12.7. The number of aromatic nitrogens is 5. The Hall–Kier alpha value is -2.94. The van der Waals surface area contributed by atoms with Crippen molar-refractivity contribution in [1.82, 2.24) is 25.3 Å². The van der Waals surface area contributed by atoms with E-state index in [1.54, 1.807) is 17.3 Å². The number of amides is 1. The normalized spacial score (nSPS) is 17.5. The number of nitrogens with zero attached hydrogens (tertiary/aromatic N) is 4. The molecule has 0 spiro atoms. The molecule has 1 fully saturated rings. The molecule has 1 aromatic carbocycles. The summed E-state index contributed by atoms with van der Waals surface area (Å²) in [5.74, 6) is 0.872. The summed E-state index contributed by atoms with van der Waals surface area (Å²) in [7, 11) is 0. The molecule has 4 heterocycles. The molecule has 26 heavy (non-hydrogen) atoms. The molecular formula is C17H13BrN6O2. The molecule has 0 saturated carbocycles. The number of carbonyl (C=O) groups is 1. The number of halogens is 1. The van der Waals surface area contributed by atoms with Gasteiger partial charge in [-0.05, 0) is 18.2 Å². The Morgan fingerprint density at radius 3 is 3.12 bits per heavy atom. The second kappa shape index (κ2) is 5.80. The van der Waals surface area contributed by atoms with Gasteiger partial charge < -0.3 is 14.4 Å². The van der Waals surface area contributed by atoms with Crippen molar-refractivity contribution in [2.24, 2.45) is 0 Å². The zero-order valence-corrected chi connectivity index (χ0v) is 15.0. The third kappa shape index (κ3) is 2.43. The van der Waals surface area contributed by atoms with Gasteiger partial charge in [-0.2, -0.15) is 10.1 Å². The highest BCUT2D eigenvalue weighted by Gasteiger charge is 2.35. The van der Waals surface area contributed by atoms with Gasteiger partial charge in [0.15, 0.2) is 0 Å². The molecule has 8 nitrogen and oxygen atoms in total. The van der Waals surface area contributed by atoms with Crippen LogP contribution in [-0.4, -0.2) is 37.8 Å². The summed E-state index contributed by atoms with van der Waals surface area (Å²) < 4.78 is 6.42. The number of nitrogens with one attached hydrogen (secondary N) is 2. The van der Waals surface area contributed by atoms with Gasteiger partial charge in [-0.25, -0.2) is 0 Å². The Labute approximate surface area is 155 Å². The van der Waals surface area contributed by atoms with E-state index < -0.39 is 0 Å². The van der Waals surface area contributed by atoms with Crippen molar-refractivity contribution in [2.45, 2.75) is 12.3 Å². The van der Waals surface area contributed by atoms with Crippen LogP contribution in [0, 0.1) is 0 Å². The van der Waals surface area contributed by atoms with E-state index in [0.717, 1.165) is 26.6 Å². The van der Waals surface area contributed by atoms with Crippen LogP contribution < -0.4 is 4.90 Å². The van der Waals surface area contributed by atoms with E-state index >= 15 is 0 Å². The Kier molecular flexibility index (Phi) is 3.42. The SMILES string of the molecule is O=C1CC(c2nc(-c3cc(Br)c4cc[nH]c4c3)no2)CN1c1cn[nH]c1. The van der Waals surface area contributed by atoms with Gasteiger partial charge in [-0.1, -0.05) is 21.1 Å². The van der Waals surface area contributed by atoms with Crippen LogP contribution in [0.2, 0.25) is 0 Å². The molecule has 1 amide bonds. The first-order valence-corrected chi connectivity index (χ1v) is 8.88. The van der Waals surface area contributed by atoms with Crippen molar-refractivity contribution in [3.05, 3.63) is 47.2 Å². The zero-order valence-electron chi connectivity index (χ0n) is 13.4. The highest BCUT2D eigenvalue weighted by molar-refractivity contribution is 9.10.